The van der Waals surface area contributed by atoms with E-state index in [2.05, 4.69) is 10.0 Å². The molecule has 0 saturated carbocycles. The smallest absolute Gasteiger partial charge is 0.294 e. The van der Waals surface area contributed by atoms with Gasteiger partial charge in [0.15, 0.2) is 5.78 Å². The molecule has 0 spiro atoms. The summed E-state index contributed by atoms with van der Waals surface area (Å²) in [6, 6.07) is 24.0. The van der Waals surface area contributed by atoms with Crippen molar-refractivity contribution in [3.63, 3.8) is 0 Å². The predicted molar refractivity (Wildman–Crippen MR) is 132 cm³/mol. The first kappa shape index (κ1) is 23.5. The van der Waals surface area contributed by atoms with Gasteiger partial charge < -0.3 is 10.4 Å². The number of nitro benzene ring substituents is 1. The zero-order valence-corrected chi connectivity index (χ0v) is 18.9. The van der Waals surface area contributed by atoms with Gasteiger partial charge in [0.2, 0.25) is 0 Å². The molecule has 0 aliphatic carbocycles. The third-order valence-corrected chi connectivity index (χ3v) is 6.43. The summed E-state index contributed by atoms with van der Waals surface area (Å²) in [6.07, 6.45) is 0. The van der Waals surface area contributed by atoms with Gasteiger partial charge in [0.05, 0.1) is 15.4 Å². The number of anilines is 3. The van der Waals surface area contributed by atoms with Gasteiger partial charge in [-0.3, -0.25) is 19.6 Å². The van der Waals surface area contributed by atoms with E-state index in [1.165, 1.54) is 48.5 Å². The van der Waals surface area contributed by atoms with Crippen LogP contribution in [0.3, 0.4) is 0 Å². The summed E-state index contributed by atoms with van der Waals surface area (Å²) >= 11 is 0. The fourth-order valence-corrected chi connectivity index (χ4v) is 4.44. The first-order chi connectivity index (χ1) is 16.7. The number of hydrogen-bond donors (Lipinski definition) is 3. The van der Waals surface area contributed by atoms with E-state index < -0.39 is 26.4 Å². The molecule has 0 aliphatic rings. The molecule has 0 aliphatic heterocycles. The monoisotopic (exact) mass is 489 g/mol. The number of nitrogens with zero attached hydrogens (tertiary/aromatic N) is 1. The Balaban J connectivity index is 1.61. The summed E-state index contributed by atoms with van der Waals surface area (Å²) in [5.74, 6) is -0.684. The first-order valence-corrected chi connectivity index (χ1v) is 11.8. The minimum absolute atomic E-state index is 0.0737. The van der Waals surface area contributed by atoms with Gasteiger partial charge in [-0.1, -0.05) is 42.5 Å². The fraction of sp³-hybridized carbons (Fsp3) is 0. The van der Waals surface area contributed by atoms with Crippen molar-refractivity contribution >= 4 is 38.6 Å². The molecule has 176 valence electrons. The highest BCUT2D eigenvalue weighted by molar-refractivity contribution is 7.92. The molecular weight excluding hydrogens is 470 g/mol. The number of sulfonamides is 1. The molecule has 9 nitrogen and oxygen atoms in total. The lowest BCUT2D eigenvalue weighted by molar-refractivity contribution is -0.384. The van der Waals surface area contributed by atoms with E-state index in [4.69, 9.17) is 0 Å². The Hall–Kier alpha value is -4.70. The van der Waals surface area contributed by atoms with Crippen LogP contribution in [-0.4, -0.2) is 24.2 Å². The van der Waals surface area contributed by atoms with Gasteiger partial charge in [-0.2, -0.15) is 0 Å². The number of carbonyl (C=O) groups is 1. The van der Waals surface area contributed by atoms with Crippen LogP contribution in [0.1, 0.15) is 15.9 Å². The van der Waals surface area contributed by atoms with Gasteiger partial charge in [-0.15, -0.1) is 0 Å². The summed E-state index contributed by atoms with van der Waals surface area (Å²) in [4.78, 5) is 23.4. The van der Waals surface area contributed by atoms with Crippen molar-refractivity contribution < 1.29 is 23.2 Å². The second-order valence-corrected chi connectivity index (χ2v) is 9.14. The lowest BCUT2D eigenvalue weighted by Gasteiger charge is -2.12. The first-order valence-electron chi connectivity index (χ1n) is 10.3. The summed E-state index contributed by atoms with van der Waals surface area (Å²) in [7, 11) is -4.22. The van der Waals surface area contributed by atoms with Crippen molar-refractivity contribution in [2.45, 2.75) is 4.90 Å². The van der Waals surface area contributed by atoms with Gasteiger partial charge >= 0.3 is 0 Å². The molecule has 10 heteroatoms. The number of para-hydroxylation sites is 2. The topological polar surface area (TPSA) is 139 Å². The standard InChI is InChI=1S/C25H19N3O6S/c29-24-12-5-4-11-21(24)25(30)17-7-6-10-19(15-17)27-35(33,34)20-13-14-22(23(16-20)28(31)32)26-18-8-2-1-3-9-18/h1-16,26-27,29H. The Bertz CT molecular complexity index is 1520. The molecular formula is C25H19N3O6S. The number of carbonyl (C=O) groups excluding carboxylic acids is 1. The van der Waals surface area contributed by atoms with Crippen molar-refractivity contribution in [1.29, 1.82) is 0 Å². The number of nitro groups is 1. The predicted octanol–water partition coefficient (Wildman–Crippen LogP) is 5.08. The SMILES string of the molecule is O=C(c1cccc(NS(=O)(=O)c2ccc(Nc3ccccc3)c([N+](=O)[O-])c2)c1)c1ccccc1O. The second kappa shape index (κ2) is 9.65. The van der Waals surface area contributed by atoms with Gasteiger partial charge in [0.1, 0.15) is 11.4 Å². The van der Waals surface area contributed by atoms with Crippen LogP contribution < -0.4 is 10.0 Å². The highest BCUT2D eigenvalue weighted by Gasteiger charge is 2.22. The third kappa shape index (κ3) is 5.28. The quantitative estimate of drug-likeness (QED) is 0.178. The van der Waals surface area contributed by atoms with Crippen LogP contribution in [0.5, 0.6) is 5.75 Å². The van der Waals surface area contributed by atoms with Gasteiger partial charge in [0, 0.05) is 23.0 Å². The van der Waals surface area contributed by atoms with Crippen LogP contribution in [0, 0.1) is 10.1 Å². The Morgan fingerprint density at radius 2 is 1.51 bits per heavy atom. The van der Waals surface area contributed by atoms with Gasteiger partial charge in [-0.05, 0) is 48.5 Å². The largest absolute Gasteiger partial charge is 0.507 e. The minimum atomic E-state index is -4.22. The molecule has 0 bridgehead atoms. The van der Waals surface area contributed by atoms with Crippen LogP contribution in [0.15, 0.2) is 102 Å². The van der Waals surface area contributed by atoms with Gasteiger partial charge in [-0.25, -0.2) is 8.42 Å². The lowest BCUT2D eigenvalue weighted by atomic mass is 10.0. The zero-order chi connectivity index (χ0) is 25.0. The maximum atomic E-state index is 13.0. The molecule has 0 atom stereocenters. The maximum absolute atomic E-state index is 13.0. The number of ketones is 1. The van der Waals surface area contributed by atoms with Crippen LogP contribution in [0.25, 0.3) is 0 Å². The molecule has 4 rings (SSSR count). The molecule has 0 fully saturated rings. The zero-order valence-electron chi connectivity index (χ0n) is 18.1. The number of rotatable bonds is 8. The lowest BCUT2D eigenvalue weighted by Crippen LogP contribution is -2.14. The molecule has 4 aromatic carbocycles. The Kier molecular flexibility index (Phi) is 6.47. The number of aromatic hydroxyl groups is 1. The summed E-state index contributed by atoms with van der Waals surface area (Å²) in [6.45, 7) is 0. The number of hydrogen-bond acceptors (Lipinski definition) is 7. The normalized spacial score (nSPS) is 11.0. The molecule has 3 N–H and O–H groups in total. The molecule has 35 heavy (non-hydrogen) atoms. The Morgan fingerprint density at radius 3 is 2.23 bits per heavy atom. The van der Waals surface area contributed by atoms with Gasteiger partial charge in [0.25, 0.3) is 15.7 Å². The number of phenolic OH excluding ortho intramolecular Hbond substituents is 1. The second-order valence-electron chi connectivity index (χ2n) is 7.46. The van der Waals surface area contributed by atoms with Crippen LogP contribution in [0.4, 0.5) is 22.7 Å². The maximum Gasteiger partial charge on any atom is 0.294 e. The summed E-state index contributed by atoms with van der Waals surface area (Å²) in [5, 5.41) is 24.5. The van der Waals surface area contributed by atoms with E-state index in [9.17, 15) is 28.4 Å². The van der Waals surface area contributed by atoms with Crippen molar-refractivity contribution in [3.8, 4) is 5.75 Å². The Labute approximate surface area is 200 Å². The van der Waals surface area contributed by atoms with Crippen molar-refractivity contribution in [2.75, 3.05) is 10.0 Å². The fourth-order valence-electron chi connectivity index (χ4n) is 3.37. The van der Waals surface area contributed by atoms with Crippen LogP contribution in [0.2, 0.25) is 0 Å². The van der Waals surface area contributed by atoms with Crippen LogP contribution in [-0.2, 0) is 10.0 Å². The van der Waals surface area contributed by atoms with E-state index in [1.807, 2.05) is 0 Å². The average molecular weight is 490 g/mol. The van der Waals surface area contributed by atoms with Crippen molar-refractivity contribution in [1.82, 2.24) is 0 Å². The van der Waals surface area contributed by atoms with Crippen molar-refractivity contribution in [2.24, 2.45) is 0 Å². The summed E-state index contributed by atoms with van der Waals surface area (Å²) in [5.41, 5.74) is 0.635. The third-order valence-electron chi connectivity index (χ3n) is 5.05. The summed E-state index contributed by atoms with van der Waals surface area (Å²) < 4.78 is 28.3. The molecule has 0 heterocycles. The average Bonchev–Trinajstić information content (AvgIpc) is 2.84. The highest BCUT2D eigenvalue weighted by atomic mass is 32.2. The number of phenols is 1. The minimum Gasteiger partial charge on any atom is -0.507 e. The molecule has 4 aromatic rings. The Morgan fingerprint density at radius 1 is 0.829 bits per heavy atom. The molecule has 0 radical (unpaired) electrons. The van der Waals surface area contributed by atoms with E-state index >= 15 is 0 Å². The van der Waals surface area contributed by atoms with Crippen LogP contribution >= 0.6 is 0 Å². The molecule has 0 aromatic heterocycles. The van der Waals surface area contributed by atoms with E-state index in [0.717, 1.165) is 6.07 Å². The molecule has 0 unspecified atom stereocenters. The molecule has 0 saturated heterocycles. The van der Waals surface area contributed by atoms with E-state index in [-0.39, 0.29) is 33.1 Å². The van der Waals surface area contributed by atoms with E-state index in [1.54, 1.807) is 42.5 Å². The number of benzene rings is 4. The van der Waals surface area contributed by atoms with E-state index in [0.29, 0.717) is 5.69 Å². The number of nitrogens with one attached hydrogen (secondary N) is 2. The molecule has 0 amide bonds. The highest BCUT2D eigenvalue weighted by Crippen LogP contribution is 2.31. The van der Waals surface area contributed by atoms with Crippen molar-refractivity contribution in [3.05, 3.63) is 118 Å².